The summed E-state index contributed by atoms with van der Waals surface area (Å²) in [6.45, 7) is 6.00. The van der Waals surface area contributed by atoms with Crippen molar-refractivity contribution in [2.75, 3.05) is 13.1 Å². The van der Waals surface area contributed by atoms with E-state index in [4.69, 9.17) is 0 Å². The van der Waals surface area contributed by atoms with E-state index in [1.807, 2.05) is 18.2 Å². The quantitative estimate of drug-likeness (QED) is 0.866. The van der Waals surface area contributed by atoms with Crippen LogP contribution in [0.3, 0.4) is 0 Å². The van der Waals surface area contributed by atoms with Gasteiger partial charge in [-0.15, -0.1) is 0 Å². The van der Waals surface area contributed by atoms with Crippen LogP contribution in [0.1, 0.15) is 38.7 Å². The van der Waals surface area contributed by atoms with Crippen LogP contribution in [-0.2, 0) is 10.2 Å². The third-order valence-corrected chi connectivity index (χ3v) is 4.62. The van der Waals surface area contributed by atoms with Crippen LogP contribution in [0.2, 0.25) is 0 Å². The number of nitrogens with one attached hydrogen (secondary N) is 2. The number of rotatable bonds is 5. The highest BCUT2D eigenvalue weighted by Crippen LogP contribution is 2.29. The molecule has 110 valence electrons. The topological polar surface area (TPSA) is 41.1 Å². The monoisotopic (exact) mass is 338 g/mol. The van der Waals surface area contributed by atoms with Crippen LogP contribution in [-0.4, -0.2) is 25.0 Å². The molecule has 0 aromatic heterocycles. The number of hydrogen-bond acceptors (Lipinski definition) is 2. The summed E-state index contributed by atoms with van der Waals surface area (Å²) in [4.78, 5) is 12.0. The normalized spacial score (nSPS) is 19.1. The number of amides is 1. The fraction of sp³-hybridized carbons (Fsp3) is 0.562. The maximum atomic E-state index is 12.0. The molecule has 1 saturated heterocycles. The van der Waals surface area contributed by atoms with Gasteiger partial charge >= 0.3 is 0 Å². The summed E-state index contributed by atoms with van der Waals surface area (Å²) in [6, 6.07) is 8.55. The Labute approximate surface area is 129 Å². The molecule has 0 saturated carbocycles. The fourth-order valence-corrected chi connectivity index (χ4v) is 3.47. The minimum Gasteiger partial charge on any atom is -0.355 e. The zero-order valence-electron chi connectivity index (χ0n) is 12.2. The number of carbonyl (C=O) groups excluding carboxylic acids is 1. The van der Waals surface area contributed by atoms with E-state index in [0.717, 1.165) is 17.4 Å². The summed E-state index contributed by atoms with van der Waals surface area (Å²) in [7, 11) is 0. The van der Waals surface area contributed by atoms with Crippen molar-refractivity contribution in [1.82, 2.24) is 10.6 Å². The summed E-state index contributed by atoms with van der Waals surface area (Å²) in [5.41, 5.74) is 1.14. The average molecular weight is 339 g/mol. The molecule has 1 aromatic carbocycles. The average Bonchev–Trinajstić information content (AvgIpc) is 2.90. The van der Waals surface area contributed by atoms with Crippen molar-refractivity contribution in [2.45, 2.75) is 44.6 Å². The molecule has 2 N–H and O–H groups in total. The second kappa shape index (κ2) is 6.72. The molecule has 2 rings (SSSR count). The zero-order valence-corrected chi connectivity index (χ0v) is 13.8. The first-order chi connectivity index (χ1) is 9.49. The molecule has 1 amide bonds. The van der Waals surface area contributed by atoms with Gasteiger partial charge in [-0.2, -0.15) is 0 Å². The summed E-state index contributed by atoms with van der Waals surface area (Å²) >= 11 is 3.59. The second-order valence-corrected chi connectivity index (χ2v) is 6.99. The van der Waals surface area contributed by atoms with Crippen molar-refractivity contribution in [3.8, 4) is 0 Å². The van der Waals surface area contributed by atoms with Gasteiger partial charge in [0.05, 0.1) is 0 Å². The largest absolute Gasteiger partial charge is 0.355 e. The first-order valence-electron chi connectivity index (χ1n) is 7.24. The molecule has 0 radical (unpaired) electrons. The van der Waals surface area contributed by atoms with E-state index in [2.05, 4.69) is 46.5 Å². The van der Waals surface area contributed by atoms with Gasteiger partial charge in [-0.25, -0.2) is 0 Å². The standard InChI is InChI=1S/C16H23BrN2O/c1-16(2,13-7-3-4-8-14(13)17)11-19-15(20)10-12-6-5-9-18-12/h3-4,7-8,12,18H,5-6,9-11H2,1-2H3,(H,19,20). The molecule has 1 aliphatic rings. The Balaban J connectivity index is 1.88. The van der Waals surface area contributed by atoms with Gasteiger partial charge in [-0.05, 0) is 31.0 Å². The number of benzene rings is 1. The smallest absolute Gasteiger partial charge is 0.221 e. The molecule has 1 atom stereocenters. The molecule has 1 unspecified atom stereocenters. The highest BCUT2D eigenvalue weighted by Gasteiger charge is 2.24. The van der Waals surface area contributed by atoms with Gasteiger partial charge in [-0.1, -0.05) is 48.0 Å². The molecule has 0 aliphatic carbocycles. The fourth-order valence-electron chi connectivity index (χ4n) is 2.65. The van der Waals surface area contributed by atoms with Crippen LogP contribution in [0.25, 0.3) is 0 Å². The van der Waals surface area contributed by atoms with Gasteiger partial charge in [0.1, 0.15) is 0 Å². The van der Waals surface area contributed by atoms with Crippen LogP contribution in [0.15, 0.2) is 28.7 Å². The van der Waals surface area contributed by atoms with E-state index in [1.165, 1.54) is 12.0 Å². The Morgan fingerprint density at radius 3 is 2.85 bits per heavy atom. The lowest BCUT2D eigenvalue weighted by Gasteiger charge is -2.27. The van der Waals surface area contributed by atoms with Crippen molar-refractivity contribution < 1.29 is 4.79 Å². The molecule has 0 spiro atoms. The third kappa shape index (κ3) is 4.06. The van der Waals surface area contributed by atoms with Crippen molar-refractivity contribution >= 4 is 21.8 Å². The third-order valence-electron chi connectivity index (χ3n) is 3.92. The van der Waals surface area contributed by atoms with Crippen LogP contribution < -0.4 is 10.6 Å². The minimum absolute atomic E-state index is 0.0845. The lowest BCUT2D eigenvalue weighted by Crippen LogP contribution is -2.39. The van der Waals surface area contributed by atoms with Gasteiger partial charge in [0.15, 0.2) is 0 Å². The Morgan fingerprint density at radius 1 is 1.45 bits per heavy atom. The zero-order chi connectivity index (χ0) is 14.6. The van der Waals surface area contributed by atoms with Crippen molar-refractivity contribution in [3.05, 3.63) is 34.3 Å². The van der Waals surface area contributed by atoms with E-state index >= 15 is 0 Å². The van der Waals surface area contributed by atoms with Crippen molar-refractivity contribution in [3.63, 3.8) is 0 Å². The first kappa shape index (κ1) is 15.5. The molecule has 1 aromatic rings. The molecule has 3 nitrogen and oxygen atoms in total. The highest BCUT2D eigenvalue weighted by atomic mass is 79.9. The summed E-state index contributed by atoms with van der Waals surface area (Å²) < 4.78 is 1.09. The van der Waals surface area contributed by atoms with Crippen LogP contribution in [0, 0.1) is 0 Å². The molecule has 0 bridgehead atoms. The summed E-state index contributed by atoms with van der Waals surface area (Å²) in [5, 5.41) is 6.43. The van der Waals surface area contributed by atoms with Crippen LogP contribution in [0.5, 0.6) is 0 Å². The van der Waals surface area contributed by atoms with Gasteiger partial charge in [0.25, 0.3) is 0 Å². The van der Waals surface area contributed by atoms with Gasteiger partial charge in [-0.3, -0.25) is 4.79 Å². The molecule has 1 aliphatic heterocycles. The van der Waals surface area contributed by atoms with Gasteiger partial charge in [0.2, 0.25) is 5.91 Å². The molecular formula is C16H23BrN2O. The van der Waals surface area contributed by atoms with E-state index in [9.17, 15) is 4.79 Å². The lowest BCUT2D eigenvalue weighted by molar-refractivity contribution is -0.121. The molecule has 4 heteroatoms. The Kier molecular flexibility index (Phi) is 5.22. The predicted molar refractivity (Wildman–Crippen MR) is 85.8 cm³/mol. The Hall–Kier alpha value is -0.870. The lowest BCUT2D eigenvalue weighted by atomic mass is 9.84. The second-order valence-electron chi connectivity index (χ2n) is 6.14. The highest BCUT2D eigenvalue weighted by molar-refractivity contribution is 9.10. The Morgan fingerprint density at radius 2 is 2.20 bits per heavy atom. The van der Waals surface area contributed by atoms with E-state index in [0.29, 0.717) is 19.0 Å². The van der Waals surface area contributed by atoms with Crippen molar-refractivity contribution in [1.29, 1.82) is 0 Å². The van der Waals surface area contributed by atoms with Crippen molar-refractivity contribution in [2.24, 2.45) is 0 Å². The summed E-state index contributed by atoms with van der Waals surface area (Å²) in [6.07, 6.45) is 2.88. The van der Waals surface area contributed by atoms with Gasteiger partial charge in [0, 0.05) is 28.9 Å². The van der Waals surface area contributed by atoms with E-state index in [1.54, 1.807) is 0 Å². The van der Waals surface area contributed by atoms with E-state index < -0.39 is 0 Å². The number of halogens is 1. The maximum absolute atomic E-state index is 12.0. The first-order valence-corrected chi connectivity index (χ1v) is 8.03. The van der Waals surface area contributed by atoms with E-state index in [-0.39, 0.29) is 11.3 Å². The molecule has 20 heavy (non-hydrogen) atoms. The van der Waals surface area contributed by atoms with Crippen LogP contribution in [0.4, 0.5) is 0 Å². The predicted octanol–water partition coefficient (Wildman–Crippen LogP) is 2.99. The SMILES string of the molecule is CC(C)(CNC(=O)CC1CCCN1)c1ccccc1Br. The number of hydrogen-bond donors (Lipinski definition) is 2. The van der Waals surface area contributed by atoms with Gasteiger partial charge < -0.3 is 10.6 Å². The number of carbonyl (C=O) groups is 1. The molecule has 1 heterocycles. The maximum Gasteiger partial charge on any atom is 0.221 e. The molecule has 1 fully saturated rings. The summed E-state index contributed by atoms with van der Waals surface area (Å²) in [5.74, 6) is 0.143. The van der Waals surface area contributed by atoms with Crippen LogP contribution >= 0.6 is 15.9 Å². The molecular weight excluding hydrogens is 316 g/mol. The Bertz CT molecular complexity index is 467. The minimum atomic E-state index is -0.0845.